The normalized spacial score (nSPS) is 24.8. The summed E-state index contributed by atoms with van der Waals surface area (Å²) in [5, 5.41) is 9.65. The van der Waals surface area contributed by atoms with E-state index in [1.54, 1.807) is 14.0 Å². The van der Waals surface area contributed by atoms with E-state index in [0.29, 0.717) is 19.6 Å². The molecule has 3 atom stereocenters. The van der Waals surface area contributed by atoms with Crippen LogP contribution in [0.3, 0.4) is 0 Å². The van der Waals surface area contributed by atoms with Gasteiger partial charge in [-0.2, -0.15) is 0 Å². The van der Waals surface area contributed by atoms with Crippen molar-refractivity contribution in [3.05, 3.63) is 23.8 Å². The van der Waals surface area contributed by atoms with E-state index in [1.165, 1.54) is 0 Å². The van der Waals surface area contributed by atoms with Gasteiger partial charge in [-0.3, -0.25) is 4.79 Å². The number of nitrogens with zero attached hydrogens (tertiary/aromatic N) is 1. The van der Waals surface area contributed by atoms with Gasteiger partial charge in [0.15, 0.2) is 0 Å². The van der Waals surface area contributed by atoms with Gasteiger partial charge in [0.2, 0.25) is 5.91 Å². The number of methoxy groups -OCH3 is 1. The van der Waals surface area contributed by atoms with Crippen LogP contribution in [-0.2, 0) is 4.79 Å². The van der Waals surface area contributed by atoms with E-state index in [9.17, 15) is 9.90 Å². The maximum Gasteiger partial charge on any atom is 0.223 e. The first kappa shape index (κ1) is 15.2. The van der Waals surface area contributed by atoms with Gasteiger partial charge >= 0.3 is 0 Å². The van der Waals surface area contributed by atoms with E-state index >= 15 is 0 Å². The zero-order valence-electron chi connectivity index (χ0n) is 13.1. The largest absolute Gasteiger partial charge is 0.497 e. The standard InChI is InChI=1S/C17H23NO4/c1-11(19)12-5-6-18(9-12)17(20)7-13-10-22-16-8-14(21-2)3-4-15(13)16/h3-4,8,11-13,19H,5-7,9-10H2,1-2H3. The molecule has 3 unspecified atom stereocenters. The van der Waals surface area contributed by atoms with Crippen molar-refractivity contribution < 1.29 is 19.4 Å². The van der Waals surface area contributed by atoms with Crippen LogP contribution in [0.4, 0.5) is 0 Å². The number of aliphatic hydroxyl groups is 1. The first-order valence-electron chi connectivity index (χ1n) is 7.85. The number of rotatable bonds is 4. The molecule has 1 aromatic carbocycles. The molecule has 2 heterocycles. The molecule has 0 bridgehead atoms. The topological polar surface area (TPSA) is 59.0 Å². The summed E-state index contributed by atoms with van der Waals surface area (Å²) in [5.74, 6) is 2.06. The molecule has 1 amide bonds. The lowest BCUT2D eigenvalue weighted by Crippen LogP contribution is -2.31. The Balaban J connectivity index is 1.63. The highest BCUT2D eigenvalue weighted by atomic mass is 16.5. The van der Waals surface area contributed by atoms with E-state index in [2.05, 4.69) is 0 Å². The van der Waals surface area contributed by atoms with E-state index in [1.807, 2.05) is 23.1 Å². The Morgan fingerprint density at radius 3 is 3.05 bits per heavy atom. The van der Waals surface area contributed by atoms with E-state index in [4.69, 9.17) is 9.47 Å². The SMILES string of the molecule is COc1ccc2c(c1)OCC2CC(=O)N1CCC(C(C)O)C1. The number of hydrogen-bond donors (Lipinski definition) is 1. The second-order valence-corrected chi connectivity index (χ2v) is 6.24. The molecule has 2 aliphatic heterocycles. The molecule has 3 rings (SSSR count). The summed E-state index contributed by atoms with van der Waals surface area (Å²) in [4.78, 5) is 14.3. The van der Waals surface area contributed by atoms with Gasteiger partial charge in [0, 0.05) is 43.0 Å². The van der Waals surface area contributed by atoms with Crippen LogP contribution in [0.1, 0.15) is 31.2 Å². The average Bonchev–Trinajstić information content (AvgIpc) is 3.14. The van der Waals surface area contributed by atoms with Crippen molar-refractivity contribution in [1.29, 1.82) is 0 Å². The molecule has 22 heavy (non-hydrogen) atoms. The minimum Gasteiger partial charge on any atom is -0.497 e. The van der Waals surface area contributed by atoms with Crippen molar-refractivity contribution in [2.24, 2.45) is 5.92 Å². The van der Waals surface area contributed by atoms with Gasteiger partial charge < -0.3 is 19.5 Å². The predicted molar refractivity (Wildman–Crippen MR) is 82.2 cm³/mol. The quantitative estimate of drug-likeness (QED) is 0.921. The smallest absolute Gasteiger partial charge is 0.223 e. The predicted octanol–water partition coefficient (Wildman–Crippen LogP) is 1.79. The minimum atomic E-state index is -0.346. The third kappa shape index (κ3) is 2.90. The van der Waals surface area contributed by atoms with Gasteiger partial charge in [-0.05, 0) is 19.4 Å². The molecule has 0 aliphatic carbocycles. The number of fused-ring (bicyclic) bond motifs is 1. The number of hydrogen-bond acceptors (Lipinski definition) is 4. The van der Waals surface area contributed by atoms with Gasteiger partial charge in [-0.15, -0.1) is 0 Å². The molecular weight excluding hydrogens is 282 g/mol. The summed E-state index contributed by atoms with van der Waals surface area (Å²) in [6.07, 6.45) is 1.00. The van der Waals surface area contributed by atoms with Gasteiger partial charge in [-0.25, -0.2) is 0 Å². The molecule has 1 N–H and O–H groups in total. The summed E-state index contributed by atoms with van der Waals surface area (Å²) in [6, 6.07) is 5.77. The van der Waals surface area contributed by atoms with Gasteiger partial charge in [-0.1, -0.05) is 6.07 Å². The Bertz CT molecular complexity index is 558. The maximum atomic E-state index is 12.5. The van der Waals surface area contributed by atoms with Crippen molar-refractivity contribution in [3.8, 4) is 11.5 Å². The van der Waals surface area contributed by atoms with Crippen LogP contribution in [0, 0.1) is 5.92 Å². The second-order valence-electron chi connectivity index (χ2n) is 6.24. The molecular formula is C17H23NO4. The van der Waals surface area contributed by atoms with Gasteiger partial charge in [0.1, 0.15) is 11.5 Å². The number of carbonyl (C=O) groups excluding carboxylic acids is 1. The third-order valence-electron chi connectivity index (χ3n) is 4.78. The zero-order chi connectivity index (χ0) is 15.7. The lowest BCUT2D eigenvalue weighted by atomic mass is 9.97. The van der Waals surface area contributed by atoms with Crippen LogP contribution in [0.25, 0.3) is 0 Å². The molecule has 0 radical (unpaired) electrons. The van der Waals surface area contributed by atoms with Crippen LogP contribution in [-0.4, -0.2) is 48.8 Å². The zero-order valence-corrected chi connectivity index (χ0v) is 13.1. The van der Waals surface area contributed by atoms with Crippen molar-refractivity contribution in [3.63, 3.8) is 0 Å². The Hall–Kier alpha value is -1.75. The molecule has 1 fully saturated rings. The lowest BCUT2D eigenvalue weighted by Gasteiger charge is -2.19. The molecule has 1 saturated heterocycles. The van der Waals surface area contributed by atoms with Crippen LogP contribution in [0.2, 0.25) is 0 Å². The van der Waals surface area contributed by atoms with Crippen LogP contribution >= 0.6 is 0 Å². The fourth-order valence-electron chi connectivity index (χ4n) is 3.30. The molecule has 0 aromatic heterocycles. The third-order valence-corrected chi connectivity index (χ3v) is 4.78. The fraction of sp³-hybridized carbons (Fsp3) is 0.588. The first-order chi connectivity index (χ1) is 10.6. The molecule has 1 aromatic rings. The second kappa shape index (κ2) is 6.16. The Labute approximate surface area is 130 Å². The molecule has 120 valence electrons. The highest BCUT2D eigenvalue weighted by Gasteiger charge is 2.32. The van der Waals surface area contributed by atoms with E-state index in [-0.39, 0.29) is 23.8 Å². The Morgan fingerprint density at radius 1 is 1.55 bits per heavy atom. The number of amides is 1. The van der Waals surface area contributed by atoms with Gasteiger partial charge in [0.25, 0.3) is 0 Å². The van der Waals surface area contributed by atoms with Crippen molar-refractivity contribution in [2.45, 2.75) is 31.8 Å². The van der Waals surface area contributed by atoms with Crippen molar-refractivity contribution in [2.75, 3.05) is 26.8 Å². The van der Waals surface area contributed by atoms with Crippen LogP contribution in [0.5, 0.6) is 11.5 Å². The van der Waals surface area contributed by atoms with E-state index in [0.717, 1.165) is 30.0 Å². The molecule has 5 heteroatoms. The number of ether oxygens (including phenoxy) is 2. The monoisotopic (exact) mass is 305 g/mol. The van der Waals surface area contributed by atoms with Gasteiger partial charge in [0.05, 0.1) is 19.8 Å². The highest BCUT2D eigenvalue weighted by Crippen LogP contribution is 2.38. The Morgan fingerprint density at radius 2 is 2.36 bits per heavy atom. The first-order valence-corrected chi connectivity index (χ1v) is 7.85. The van der Waals surface area contributed by atoms with E-state index < -0.39 is 0 Å². The molecule has 0 spiro atoms. The number of likely N-dealkylation sites (tertiary alicyclic amines) is 1. The van der Waals surface area contributed by atoms with Crippen molar-refractivity contribution in [1.82, 2.24) is 4.90 Å². The number of carbonyl (C=O) groups is 1. The van der Waals surface area contributed by atoms with Crippen molar-refractivity contribution >= 4 is 5.91 Å². The number of benzene rings is 1. The fourth-order valence-corrected chi connectivity index (χ4v) is 3.30. The van der Waals surface area contributed by atoms with Crippen LogP contribution in [0.15, 0.2) is 18.2 Å². The van der Waals surface area contributed by atoms with Crippen LogP contribution < -0.4 is 9.47 Å². The highest BCUT2D eigenvalue weighted by molar-refractivity contribution is 5.78. The Kier molecular flexibility index (Phi) is 4.25. The molecule has 5 nitrogen and oxygen atoms in total. The summed E-state index contributed by atoms with van der Waals surface area (Å²) in [5.41, 5.74) is 1.08. The summed E-state index contributed by atoms with van der Waals surface area (Å²) < 4.78 is 10.9. The average molecular weight is 305 g/mol. The number of aliphatic hydroxyl groups excluding tert-OH is 1. The lowest BCUT2D eigenvalue weighted by molar-refractivity contribution is -0.130. The maximum absolute atomic E-state index is 12.5. The summed E-state index contributed by atoms with van der Waals surface area (Å²) >= 11 is 0. The summed E-state index contributed by atoms with van der Waals surface area (Å²) in [6.45, 7) is 3.76. The molecule has 2 aliphatic rings. The molecule has 0 saturated carbocycles. The summed E-state index contributed by atoms with van der Waals surface area (Å²) in [7, 11) is 1.63. The minimum absolute atomic E-state index is 0.110.